The summed E-state index contributed by atoms with van der Waals surface area (Å²) in [5.74, 6) is 0.231. The molecule has 0 aliphatic rings. The number of amides is 1. The molecule has 0 unspecified atom stereocenters. The van der Waals surface area contributed by atoms with Crippen molar-refractivity contribution in [2.45, 2.75) is 13.5 Å². The molecule has 2 heterocycles. The number of aryl methyl sites for hydroxylation is 1. The van der Waals surface area contributed by atoms with Crippen LogP contribution in [0.2, 0.25) is 0 Å². The van der Waals surface area contributed by atoms with Gasteiger partial charge in [0, 0.05) is 24.2 Å². The smallest absolute Gasteiger partial charge is 0.274 e. The fourth-order valence-electron chi connectivity index (χ4n) is 3.42. The molecule has 1 amide bonds. The predicted octanol–water partition coefficient (Wildman–Crippen LogP) is 3.61. The van der Waals surface area contributed by atoms with Crippen LogP contribution in [0.1, 0.15) is 21.6 Å². The zero-order valence-electron chi connectivity index (χ0n) is 16.9. The number of nitrogens with zero attached hydrogens (tertiary/aromatic N) is 3. The Bertz CT molecular complexity index is 1300. The van der Waals surface area contributed by atoms with E-state index in [1.165, 1.54) is 15.5 Å². The minimum atomic E-state index is -0.252. The van der Waals surface area contributed by atoms with Crippen molar-refractivity contribution in [3.8, 4) is 0 Å². The number of fused-ring (bicyclic) bond motifs is 1. The van der Waals surface area contributed by atoms with Gasteiger partial charge in [0.05, 0.1) is 12.1 Å². The summed E-state index contributed by atoms with van der Waals surface area (Å²) in [4.78, 5) is 31.7. The van der Waals surface area contributed by atoms with Crippen LogP contribution in [-0.4, -0.2) is 22.5 Å². The number of rotatable bonds is 4. The van der Waals surface area contributed by atoms with Crippen LogP contribution in [0.4, 0.5) is 11.5 Å². The van der Waals surface area contributed by atoms with Gasteiger partial charge in [-0.3, -0.25) is 14.2 Å². The van der Waals surface area contributed by atoms with Gasteiger partial charge in [0.25, 0.3) is 11.5 Å². The van der Waals surface area contributed by atoms with Gasteiger partial charge in [-0.25, -0.2) is 4.98 Å². The highest BCUT2D eigenvalue weighted by atomic mass is 16.2. The van der Waals surface area contributed by atoms with Gasteiger partial charge in [-0.15, -0.1) is 0 Å². The molecular formula is C24H22N4O2. The molecule has 0 radical (unpaired) electrons. The standard InChI is InChI=1S/C24H22N4O2/c1-16-13-18-12-11-17(14-20(18)26-23(16)25)15-28-21(9-6-10-22(28)29)24(30)27(2)19-7-4-3-5-8-19/h3-14H,15H2,1-2H3,(H2,25,26). The molecule has 30 heavy (non-hydrogen) atoms. The Morgan fingerprint density at radius 2 is 1.80 bits per heavy atom. The number of carbonyl (C=O) groups is 1. The van der Waals surface area contributed by atoms with E-state index in [1.54, 1.807) is 19.2 Å². The Morgan fingerprint density at radius 3 is 2.57 bits per heavy atom. The van der Waals surface area contributed by atoms with E-state index in [0.29, 0.717) is 11.5 Å². The van der Waals surface area contributed by atoms with Crippen LogP contribution in [-0.2, 0) is 6.54 Å². The van der Waals surface area contributed by atoms with Crippen LogP contribution in [0.25, 0.3) is 10.9 Å². The van der Waals surface area contributed by atoms with Gasteiger partial charge >= 0.3 is 0 Å². The maximum Gasteiger partial charge on any atom is 0.274 e. The summed E-state index contributed by atoms with van der Waals surface area (Å²) in [6, 6.07) is 21.8. The van der Waals surface area contributed by atoms with Gasteiger partial charge in [0.1, 0.15) is 11.5 Å². The highest BCUT2D eigenvalue weighted by Crippen LogP contribution is 2.20. The van der Waals surface area contributed by atoms with Crippen LogP contribution in [0.15, 0.2) is 77.6 Å². The highest BCUT2D eigenvalue weighted by molar-refractivity contribution is 6.04. The maximum atomic E-state index is 13.1. The van der Waals surface area contributed by atoms with Crippen molar-refractivity contribution in [2.75, 3.05) is 17.7 Å². The number of anilines is 2. The zero-order chi connectivity index (χ0) is 21.3. The number of aromatic nitrogens is 2. The summed E-state index contributed by atoms with van der Waals surface area (Å²) >= 11 is 0. The molecule has 150 valence electrons. The van der Waals surface area contributed by atoms with Gasteiger partial charge in [0.15, 0.2) is 0 Å². The summed E-state index contributed by atoms with van der Waals surface area (Å²) in [6.45, 7) is 2.18. The lowest BCUT2D eigenvalue weighted by Gasteiger charge is -2.20. The van der Waals surface area contributed by atoms with E-state index in [0.717, 1.165) is 27.7 Å². The first-order chi connectivity index (χ1) is 14.4. The van der Waals surface area contributed by atoms with E-state index >= 15 is 0 Å². The predicted molar refractivity (Wildman–Crippen MR) is 120 cm³/mol. The molecule has 6 nitrogen and oxygen atoms in total. The summed E-state index contributed by atoms with van der Waals surface area (Å²) in [5.41, 5.74) is 9.34. The average molecular weight is 398 g/mol. The van der Waals surface area contributed by atoms with Gasteiger partial charge in [-0.2, -0.15) is 0 Å². The lowest BCUT2D eigenvalue weighted by Crippen LogP contribution is -2.33. The van der Waals surface area contributed by atoms with Gasteiger partial charge in [-0.1, -0.05) is 36.4 Å². The first-order valence-corrected chi connectivity index (χ1v) is 9.63. The number of hydrogen-bond donors (Lipinski definition) is 1. The molecule has 6 heteroatoms. The second-order valence-electron chi connectivity index (χ2n) is 7.25. The minimum absolute atomic E-state index is 0.237. The summed E-state index contributed by atoms with van der Waals surface area (Å²) in [6.07, 6.45) is 0. The number of carbonyl (C=O) groups excluding carboxylic acids is 1. The van der Waals surface area contributed by atoms with Crippen LogP contribution in [0.5, 0.6) is 0 Å². The van der Waals surface area contributed by atoms with Crippen LogP contribution in [0.3, 0.4) is 0 Å². The quantitative estimate of drug-likeness (QED) is 0.569. The molecule has 2 aromatic heterocycles. The number of benzene rings is 2. The summed E-state index contributed by atoms with van der Waals surface area (Å²) < 4.78 is 1.49. The van der Waals surface area contributed by atoms with Crippen molar-refractivity contribution in [3.05, 3.63) is 100.0 Å². The minimum Gasteiger partial charge on any atom is -0.383 e. The van der Waals surface area contributed by atoms with Gasteiger partial charge < -0.3 is 10.6 Å². The molecule has 0 aliphatic heterocycles. The van der Waals surface area contributed by atoms with Crippen molar-refractivity contribution in [2.24, 2.45) is 0 Å². The summed E-state index contributed by atoms with van der Waals surface area (Å²) in [7, 11) is 1.70. The summed E-state index contributed by atoms with van der Waals surface area (Å²) in [5, 5.41) is 0.978. The van der Waals surface area contributed by atoms with E-state index in [-0.39, 0.29) is 18.0 Å². The fourth-order valence-corrected chi connectivity index (χ4v) is 3.42. The number of pyridine rings is 2. The third-order valence-electron chi connectivity index (χ3n) is 5.17. The number of nitrogen functional groups attached to an aromatic ring is 1. The van der Waals surface area contributed by atoms with Crippen LogP contribution in [0, 0.1) is 6.92 Å². The van der Waals surface area contributed by atoms with E-state index in [9.17, 15) is 9.59 Å². The number of hydrogen-bond acceptors (Lipinski definition) is 4. The van der Waals surface area contributed by atoms with Gasteiger partial charge in [-0.05, 0) is 48.4 Å². The monoisotopic (exact) mass is 398 g/mol. The molecule has 4 aromatic rings. The zero-order valence-corrected chi connectivity index (χ0v) is 16.9. The van der Waals surface area contributed by atoms with Crippen molar-refractivity contribution in [1.29, 1.82) is 0 Å². The third-order valence-corrected chi connectivity index (χ3v) is 5.17. The number of para-hydroxylation sites is 1. The number of nitrogens with two attached hydrogens (primary N) is 1. The van der Waals surface area contributed by atoms with E-state index < -0.39 is 0 Å². The fraction of sp³-hybridized carbons (Fsp3) is 0.125. The molecule has 0 spiro atoms. The largest absolute Gasteiger partial charge is 0.383 e. The second kappa shape index (κ2) is 7.83. The molecule has 0 atom stereocenters. The Balaban J connectivity index is 1.72. The van der Waals surface area contributed by atoms with Gasteiger partial charge in [0.2, 0.25) is 0 Å². The Kier molecular flexibility index (Phi) is 5.06. The molecular weight excluding hydrogens is 376 g/mol. The van der Waals surface area contributed by atoms with E-state index in [4.69, 9.17) is 5.73 Å². The molecule has 4 rings (SSSR count). The SMILES string of the molecule is Cc1cc2ccc(Cn3c(C(=O)N(C)c4ccccc4)cccc3=O)cc2nc1N. The first kappa shape index (κ1) is 19.4. The lowest BCUT2D eigenvalue weighted by molar-refractivity contribution is 0.0983. The highest BCUT2D eigenvalue weighted by Gasteiger charge is 2.18. The topological polar surface area (TPSA) is 81.2 Å². The molecule has 0 aliphatic carbocycles. The Labute approximate surface area is 174 Å². The molecule has 0 bridgehead atoms. The Hall–Kier alpha value is -3.93. The molecule has 2 aromatic carbocycles. The maximum absolute atomic E-state index is 13.1. The Morgan fingerprint density at radius 1 is 1.03 bits per heavy atom. The van der Waals surface area contributed by atoms with Crippen LogP contribution < -0.4 is 16.2 Å². The second-order valence-corrected chi connectivity index (χ2v) is 7.25. The van der Waals surface area contributed by atoms with E-state index in [2.05, 4.69) is 4.98 Å². The van der Waals surface area contributed by atoms with Crippen molar-refractivity contribution in [1.82, 2.24) is 9.55 Å². The van der Waals surface area contributed by atoms with Crippen molar-refractivity contribution >= 4 is 28.3 Å². The molecule has 0 saturated heterocycles. The van der Waals surface area contributed by atoms with Crippen molar-refractivity contribution in [3.63, 3.8) is 0 Å². The molecule has 0 fully saturated rings. The normalized spacial score (nSPS) is 10.9. The molecule has 0 saturated carbocycles. The first-order valence-electron chi connectivity index (χ1n) is 9.63. The van der Waals surface area contributed by atoms with Crippen LogP contribution >= 0.6 is 0 Å². The molecule has 2 N–H and O–H groups in total. The lowest BCUT2D eigenvalue weighted by atomic mass is 10.1. The van der Waals surface area contributed by atoms with Crippen molar-refractivity contribution < 1.29 is 4.79 Å². The van der Waals surface area contributed by atoms with E-state index in [1.807, 2.05) is 61.5 Å². The third kappa shape index (κ3) is 3.67. The average Bonchev–Trinajstić information content (AvgIpc) is 2.75.